The van der Waals surface area contributed by atoms with Crippen LogP contribution in [0.3, 0.4) is 0 Å². The van der Waals surface area contributed by atoms with Crippen molar-refractivity contribution in [1.29, 1.82) is 0 Å². The first-order valence-electron chi connectivity index (χ1n) is 6.21. The summed E-state index contributed by atoms with van der Waals surface area (Å²) < 4.78 is 2.27. The molecule has 0 radical (unpaired) electrons. The van der Waals surface area contributed by atoms with Crippen molar-refractivity contribution in [3.05, 3.63) is 18.2 Å². The molecule has 16 heavy (non-hydrogen) atoms. The number of rotatable bonds is 6. The second kappa shape index (κ2) is 6.30. The number of thioether (sulfide) groups is 1. The van der Waals surface area contributed by atoms with Gasteiger partial charge in [0.25, 0.3) is 0 Å². The molecule has 2 heterocycles. The summed E-state index contributed by atoms with van der Waals surface area (Å²) in [4.78, 5) is 4.33. The molecule has 1 aliphatic rings. The van der Waals surface area contributed by atoms with Gasteiger partial charge in [0, 0.05) is 37.2 Å². The van der Waals surface area contributed by atoms with Crippen molar-refractivity contribution in [2.45, 2.75) is 38.8 Å². The van der Waals surface area contributed by atoms with Gasteiger partial charge in [-0.2, -0.15) is 11.8 Å². The molecule has 0 saturated carbocycles. The summed E-state index contributed by atoms with van der Waals surface area (Å²) >= 11 is 2.07. The molecule has 4 heteroatoms. The fourth-order valence-electron chi connectivity index (χ4n) is 2.11. The Hall–Kier alpha value is -0.480. The molecular formula is C12H21N3S. The Morgan fingerprint density at radius 2 is 2.56 bits per heavy atom. The predicted octanol–water partition coefficient (Wildman–Crippen LogP) is 1.93. The first kappa shape index (κ1) is 12.0. The van der Waals surface area contributed by atoms with Crippen LogP contribution in [0.1, 0.15) is 25.6 Å². The standard InChI is InChI=1S/C12H21N3S/c1-2-12-14-6-8-15(12)7-3-5-13-11-4-9-16-10-11/h6,8,11,13H,2-5,7,9-10H2,1H3/t11-/m1/s1. The number of hydrogen-bond acceptors (Lipinski definition) is 3. The highest BCUT2D eigenvalue weighted by Crippen LogP contribution is 2.16. The molecule has 2 rings (SSSR count). The molecule has 0 aromatic carbocycles. The third kappa shape index (κ3) is 3.25. The van der Waals surface area contributed by atoms with Crippen LogP contribution in [-0.4, -0.2) is 33.6 Å². The van der Waals surface area contributed by atoms with Crippen LogP contribution in [0.15, 0.2) is 12.4 Å². The molecule has 1 aromatic heterocycles. The summed E-state index contributed by atoms with van der Waals surface area (Å²) in [6.07, 6.45) is 7.56. The van der Waals surface area contributed by atoms with Gasteiger partial charge < -0.3 is 9.88 Å². The Morgan fingerprint density at radius 3 is 3.31 bits per heavy atom. The van der Waals surface area contributed by atoms with E-state index in [1.807, 2.05) is 6.20 Å². The maximum atomic E-state index is 4.33. The lowest BCUT2D eigenvalue weighted by Crippen LogP contribution is -2.30. The van der Waals surface area contributed by atoms with E-state index in [1.165, 1.54) is 30.2 Å². The van der Waals surface area contributed by atoms with Crippen LogP contribution in [0, 0.1) is 0 Å². The van der Waals surface area contributed by atoms with Crippen LogP contribution in [0.2, 0.25) is 0 Å². The average molecular weight is 239 g/mol. The van der Waals surface area contributed by atoms with E-state index in [0.717, 1.165) is 25.6 Å². The number of nitrogens with one attached hydrogen (secondary N) is 1. The number of aryl methyl sites for hydroxylation is 2. The third-order valence-corrected chi connectivity index (χ3v) is 4.22. The van der Waals surface area contributed by atoms with Gasteiger partial charge in [-0.25, -0.2) is 4.98 Å². The number of nitrogens with zero attached hydrogens (tertiary/aromatic N) is 2. The van der Waals surface area contributed by atoms with Gasteiger partial charge in [-0.1, -0.05) is 6.92 Å². The lowest BCUT2D eigenvalue weighted by Gasteiger charge is -2.11. The molecular weight excluding hydrogens is 218 g/mol. The maximum absolute atomic E-state index is 4.33. The normalized spacial score (nSPS) is 20.4. The number of aromatic nitrogens is 2. The number of hydrogen-bond donors (Lipinski definition) is 1. The third-order valence-electron chi connectivity index (χ3n) is 3.06. The van der Waals surface area contributed by atoms with E-state index in [9.17, 15) is 0 Å². The maximum Gasteiger partial charge on any atom is 0.108 e. The van der Waals surface area contributed by atoms with Crippen LogP contribution in [0.4, 0.5) is 0 Å². The zero-order valence-corrected chi connectivity index (χ0v) is 10.8. The van der Waals surface area contributed by atoms with Gasteiger partial charge in [0.1, 0.15) is 5.82 Å². The molecule has 0 bridgehead atoms. The molecule has 3 nitrogen and oxygen atoms in total. The van der Waals surface area contributed by atoms with E-state index in [-0.39, 0.29) is 0 Å². The molecule has 1 fully saturated rings. The van der Waals surface area contributed by atoms with E-state index < -0.39 is 0 Å². The van der Waals surface area contributed by atoms with Crippen molar-refractivity contribution >= 4 is 11.8 Å². The summed E-state index contributed by atoms with van der Waals surface area (Å²) in [5.41, 5.74) is 0. The molecule has 0 aliphatic carbocycles. The molecule has 1 atom stereocenters. The van der Waals surface area contributed by atoms with Crippen molar-refractivity contribution in [1.82, 2.24) is 14.9 Å². The largest absolute Gasteiger partial charge is 0.335 e. The van der Waals surface area contributed by atoms with Gasteiger partial charge in [-0.3, -0.25) is 0 Å². The molecule has 1 N–H and O–H groups in total. The van der Waals surface area contributed by atoms with Crippen LogP contribution >= 0.6 is 11.8 Å². The van der Waals surface area contributed by atoms with E-state index in [2.05, 4.69) is 39.8 Å². The zero-order valence-electron chi connectivity index (χ0n) is 9.98. The van der Waals surface area contributed by atoms with Crippen LogP contribution in [0.25, 0.3) is 0 Å². The molecule has 0 unspecified atom stereocenters. The fraction of sp³-hybridized carbons (Fsp3) is 0.750. The Kier molecular flexibility index (Phi) is 4.72. The smallest absolute Gasteiger partial charge is 0.108 e. The number of imidazole rings is 1. The zero-order chi connectivity index (χ0) is 11.2. The molecule has 0 amide bonds. The van der Waals surface area contributed by atoms with Crippen molar-refractivity contribution < 1.29 is 0 Å². The van der Waals surface area contributed by atoms with E-state index >= 15 is 0 Å². The molecule has 1 aromatic rings. The second-order valence-electron chi connectivity index (χ2n) is 4.26. The van der Waals surface area contributed by atoms with Crippen LogP contribution < -0.4 is 5.32 Å². The van der Waals surface area contributed by atoms with E-state index in [0.29, 0.717) is 0 Å². The Bertz CT molecular complexity index is 305. The van der Waals surface area contributed by atoms with Gasteiger partial charge >= 0.3 is 0 Å². The molecule has 1 saturated heterocycles. The molecule has 0 spiro atoms. The first-order valence-corrected chi connectivity index (χ1v) is 7.36. The summed E-state index contributed by atoms with van der Waals surface area (Å²) in [6, 6.07) is 0.762. The van der Waals surface area contributed by atoms with Gasteiger partial charge in [0.05, 0.1) is 0 Å². The topological polar surface area (TPSA) is 29.9 Å². The van der Waals surface area contributed by atoms with Crippen molar-refractivity contribution in [3.8, 4) is 0 Å². The van der Waals surface area contributed by atoms with Crippen molar-refractivity contribution in [2.24, 2.45) is 0 Å². The minimum atomic E-state index is 0.762. The Balaban J connectivity index is 1.64. The van der Waals surface area contributed by atoms with E-state index in [1.54, 1.807) is 0 Å². The summed E-state index contributed by atoms with van der Waals surface area (Å²) in [6.45, 7) is 4.38. The van der Waals surface area contributed by atoms with Crippen LogP contribution in [-0.2, 0) is 13.0 Å². The van der Waals surface area contributed by atoms with Crippen molar-refractivity contribution in [2.75, 3.05) is 18.1 Å². The second-order valence-corrected chi connectivity index (χ2v) is 5.41. The van der Waals surface area contributed by atoms with Gasteiger partial charge in [-0.05, 0) is 25.1 Å². The summed E-state index contributed by atoms with van der Waals surface area (Å²) in [7, 11) is 0. The minimum Gasteiger partial charge on any atom is -0.335 e. The lowest BCUT2D eigenvalue weighted by molar-refractivity contribution is 0.513. The van der Waals surface area contributed by atoms with Gasteiger partial charge in [-0.15, -0.1) is 0 Å². The average Bonchev–Trinajstić information content (AvgIpc) is 2.95. The van der Waals surface area contributed by atoms with Crippen LogP contribution in [0.5, 0.6) is 0 Å². The van der Waals surface area contributed by atoms with Gasteiger partial charge in [0.15, 0.2) is 0 Å². The Labute approximate surface area is 102 Å². The predicted molar refractivity (Wildman–Crippen MR) is 70.0 cm³/mol. The highest BCUT2D eigenvalue weighted by molar-refractivity contribution is 7.99. The molecule has 1 aliphatic heterocycles. The quantitative estimate of drug-likeness (QED) is 0.769. The van der Waals surface area contributed by atoms with Crippen molar-refractivity contribution in [3.63, 3.8) is 0 Å². The first-order chi connectivity index (χ1) is 7.90. The van der Waals surface area contributed by atoms with E-state index in [4.69, 9.17) is 0 Å². The molecule has 90 valence electrons. The lowest BCUT2D eigenvalue weighted by atomic mass is 10.2. The minimum absolute atomic E-state index is 0.762. The highest BCUT2D eigenvalue weighted by Gasteiger charge is 2.13. The summed E-state index contributed by atoms with van der Waals surface area (Å²) in [5.74, 6) is 3.83. The highest BCUT2D eigenvalue weighted by atomic mass is 32.2. The van der Waals surface area contributed by atoms with Gasteiger partial charge in [0.2, 0.25) is 0 Å². The Morgan fingerprint density at radius 1 is 1.62 bits per heavy atom. The fourth-order valence-corrected chi connectivity index (χ4v) is 3.30. The monoisotopic (exact) mass is 239 g/mol. The summed E-state index contributed by atoms with van der Waals surface area (Å²) in [5, 5.41) is 3.63. The SMILES string of the molecule is CCc1nccn1CCCN[C@@H]1CCSC1.